The highest BCUT2D eigenvalue weighted by atomic mass is 16.4. The summed E-state index contributed by atoms with van der Waals surface area (Å²) < 4.78 is 5.37. The van der Waals surface area contributed by atoms with Crippen LogP contribution in [0.25, 0.3) is 0 Å². The molecule has 108 valence electrons. The average Bonchev–Trinajstić information content (AvgIpc) is 2.75. The van der Waals surface area contributed by atoms with Gasteiger partial charge in [0, 0.05) is 0 Å². The van der Waals surface area contributed by atoms with Crippen molar-refractivity contribution in [3.05, 3.63) is 29.5 Å². The van der Waals surface area contributed by atoms with Gasteiger partial charge in [0.1, 0.15) is 5.76 Å². The molecule has 0 bridgehead atoms. The van der Waals surface area contributed by atoms with E-state index in [9.17, 15) is 9.59 Å². The Morgan fingerprint density at radius 3 is 2.55 bits per heavy atom. The van der Waals surface area contributed by atoms with Gasteiger partial charge in [-0.2, -0.15) is 0 Å². The molecule has 0 aromatic carbocycles. The van der Waals surface area contributed by atoms with Crippen molar-refractivity contribution in [2.45, 2.75) is 33.2 Å². The summed E-state index contributed by atoms with van der Waals surface area (Å²) in [6, 6.07) is 0. The first-order chi connectivity index (χ1) is 9.49. The molecule has 1 aromatic rings. The molecule has 0 saturated heterocycles. The summed E-state index contributed by atoms with van der Waals surface area (Å²) >= 11 is 0. The fraction of sp³-hybridized carbons (Fsp3) is 0.500. The molecule has 0 spiro atoms. The SMILES string of the molecule is Cc1nc(CNC(=O)[C@@H]2CC=CC[C@@H]2C(=O)O)oc1C. The lowest BCUT2D eigenvalue weighted by atomic mass is 9.82. The average molecular weight is 278 g/mol. The van der Waals surface area contributed by atoms with Gasteiger partial charge in [0.15, 0.2) is 0 Å². The Balaban J connectivity index is 1.97. The van der Waals surface area contributed by atoms with Gasteiger partial charge in [-0.05, 0) is 26.7 Å². The molecule has 1 heterocycles. The molecule has 1 aliphatic carbocycles. The standard InChI is InChI=1S/C14H18N2O4/c1-8-9(2)20-12(16-8)7-15-13(17)10-5-3-4-6-11(10)14(18)19/h3-4,10-11H,5-7H2,1-2H3,(H,15,17)(H,18,19)/t10-,11+/m1/s1. The number of nitrogens with zero attached hydrogens (tertiary/aromatic N) is 1. The van der Waals surface area contributed by atoms with Crippen LogP contribution in [0.3, 0.4) is 0 Å². The molecule has 20 heavy (non-hydrogen) atoms. The lowest BCUT2D eigenvalue weighted by Gasteiger charge is -2.23. The van der Waals surface area contributed by atoms with Crippen LogP contribution in [0.15, 0.2) is 16.6 Å². The number of carboxylic acid groups (broad SMARTS) is 1. The monoisotopic (exact) mass is 278 g/mol. The lowest BCUT2D eigenvalue weighted by molar-refractivity contribution is -0.147. The van der Waals surface area contributed by atoms with Crippen molar-refractivity contribution in [1.82, 2.24) is 10.3 Å². The minimum Gasteiger partial charge on any atom is -0.481 e. The number of amides is 1. The molecule has 0 saturated carbocycles. The highest BCUT2D eigenvalue weighted by Gasteiger charge is 2.33. The first-order valence-electron chi connectivity index (χ1n) is 6.57. The molecule has 0 radical (unpaired) electrons. The van der Waals surface area contributed by atoms with Gasteiger partial charge in [-0.15, -0.1) is 0 Å². The van der Waals surface area contributed by atoms with Crippen LogP contribution in [-0.4, -0.2) is 22.0 Å². The molecule has 6 nitrogen and oxygen atoms in total. The number of aromatic nitrogens is 1. The Hall–Kier alpha value is -2.11. The molecule has 0 aliphatic heterocycles. The molecule has 1 aliphatic rings. The number of rotatable bonds is 4. The fourth-order valence-electron chi connectivity index (χ4n) is 2.29. The summed E-state index contributed by atoms with van der Waals surface area (Å²) in [6.07, 6.45) is 4.50. The summed E-state index contributed by atoms with van der Waals surface area (Å²) in [5, 5.41) is 11.8. The van der Waals surface area contributed by atoms with Crippen molar-refractivity contribution in [2.75, 3.05) is 0 Å². The van der Waals surface area contributed by atoms with E-state index >= 15 is 0 Å². The predicted molar refractivity (Wildman–Crippen MR) is 70.8 cm³/mol. The zero-order chi connectivity index (χ0) is 14.7. The molecular formula is C14H18N2O4. The van der Waals surface area contributed by atoms with E-state index in [0.29, 0.717) is 18.7 Å². The summed E-state index contributed by atoms with van der Waals surface area (Å²) in [7, 11) is 0. The second kappa shape index (κ2) is 5.90. The van der Waals surface area contributed by atoms with Crippen LogP contribution in [0.5, 0.6) is 0 Å². The van der Waals surface area contributed by atoms with Crippen LogP contribution in [0.2, 0.25) is 0 Å². The van der Waals surface area contributed by atoms with Gasteiger partial charge in [0.25, 0.3) is 0 Å². The van der Waals surface area contributed by atoms with Gasteiger partial charge in [-0.1, -0.05) is 12.2 Å². The fourth-order valence-corrected chi connectivity index (χ4v) is 2.29. The largest absolute Gasteiger partial charge is 0.481 e. The van der Waals surface area contributed by atoms with Gasteiger partial charge in [-0.3, -0.25) is 9.59 Å². The molecule has 1 amide bonds. The number of carbonyl (C=O) groups excluding carboxylic acids is 1. The zero-order valence-electron chi connectivity index (χ0n) is 11.5. The Kier molecular flexibility index (Phi) is 4.22. The normalized spacial score (nSPS) is 21.7. The summed E-state index contributed by atoms with van der Waals surface area (Å²) in [6.45, 7) is 3.82. The molecule has 0 unspecified atom stereocenters. The molecular weight excluding hydrogens is 260 g/mol. The maximum Gasteiger partial charge on any atom is 0.307 e. The van der Waals surface area contributed by atoms with Gasteiger partial charge >= 0.3 is 5.97 Å². The number of aryl methyl sites for hydroxylation is 2. The van der Waals surface area contributed by atoms with E-state index < -0.39 is 17.8 Å². The zero-order valence-corrected chi connectivity index (χ0v) is 11.5. The van der Waals surface area contributed by atoms with Crippen LogP contribution in [-0.2, 0) is 16.1 Å². The van der Waals surface area contributed by atoms with E-state index in [1.807, 2.05) is 19.1 Å². The van der Waals surface area contributed by atoms with Crippen LogP contribution >= 0.6 is 0 Å². The number of oxazole rings is 1. The third-order valence-electron chi connectivity index (χ3n) is 3.57. The number of carbonyl (C=O) groups is 2. The van der Waals surface area contributed by atoms with Crippen LogP contribution in [0, 0.1) is 25.7 Å². The molecule has 2 rings (SSSR count). The summed E-state index contributed by atoms with van der Waals surface area (Å²) in [4.78, 5) is 27.4. The highest BCUT2D eigenvalue weighted by molar-refractivity contribution is 5.85. The summed E-state index contributed by atoms with van der Waals surface area (Å²) in [5.74, 6) is -1.24. The molecule has 1 aromatic heterocycles. The topological polar surface area (TPSA) is 92.4 Å². The van der Waals surface area contributed by atoms with Crippen molar-refractivity contribution in [2.24, 2.45) is 11.8 Å². The third kappa shape index (κ3) is 3.07. The van der Waals surface area contributed by atoms with E-state index in [1.165, 1.54) is 0 Å². The van der Waals surface area contributed by atoms with Crippen LogP contribution < -0.4 is 5.32 Å². The number of aliphatic carboxylic acids is 1. The van der Waals surface area contributed by atoms with Crippen molar-refractivity contribution in [1.29, 1.82) is 0 Å². The second-order valence-electron chi connectivity index (χ2n) is 4.96. The summed E-state index contributed by atoms with van der Waals surface area (Å²) in [5.41, 5.74) is 0.790. The smallest absolute Gasteiger partial charge is 0.307 e. The first-order valence-corrected chi connectivity index (χ1v) is 6.57. The first kappa shape index (κ1) is 14.3. The maximum absolute atomic E-state index is 12.1. The van der Waals surface area contributed by atoms with Crippen LogP contribution in [0.1, 0.15) is 30.2 Å². The maximum atomic E-state index is 12.1. The highest BCUT2D eigenvalue weighted by Crippen LogP contribution is 2.26. The minimum atomic E-state index is -0.933. The van der Waals surface area contributed by atoms with Crippen molar-refractivity contribution in [3.8, 4) is 0 Å². The van der Waals surface area contributed by atoms with Gasteiger partial charge < -0.3 is 14.8 Å². The number of hydrogen-bond acceptors (Lipinski definition) is 4. The Morgan fingerprint density at radius 1 is 1.35 bits per heavy atom. The van der Waals surface area contributed by atoms with Crippen molar-refractivity contribution >= 4 is 11.9 Å². The number of hydrogen-bond donors (Lipinski definition) is 2. The van der Waals surface area contributed by atoms with E-state index in [-0.39, 0.29) is 12.5 Å². The minimum absolute atomic E-state index is 0.181. The number of nitrogens with one attached hydrogen (secondary N) is 1. The van der Waals surface area contributed by atoms with E-state index in [2.05, 4.69) is 10.3 Å². The Morgan fingerprint density at radius 2 is 2.00 bits per heavy atom. The number of carboxylic acids is 1. The molecule has 2 N–H and O–H groups in total. The van der Waals surface area contributed by atoms with Crippen LogP contribution in [0.4, 0.5) is 0 Å². The Labute approximate surface area is 116 Å². The van der Waals surface area contributed by atoms with Gasteiger partial charge in [0.2, 0.25) is 11.8 Å². The third-order valence-corrected chi connectivity index (χ3v) is 3.57. The predicted octanol–water partition coefficient (Wildman–Crippen LogP) is 1.57. The Bertz CT molecular complexity index is 528. The van der Waals surface area contributed by atoms with Gasteiger partial charge in [0.05, 0.1) is 24.1 Å². The number of allylic oxidation sites excluding steroid dienone is 2. The van der Waals surface area contributed by atoms with E-state index in [1.54, 1.807) is 6.92 Å². The van der Waals surface area contributed by atoms with Gasteiger partial charge in [-0.25, -0.2) is 4.98 Å². The van der Waals surface area contributed by atoms with Crippen molar-refractivity contribution < 1.29 is 19.1 Å². The lowest BCUT2D eigenvalue weighted by Crippen LogP contribution is -2.38. The molecule has 6 heteroatoms. The molecule has 2 atom stereocenters. The van der Waals surface area contributed by atoms with Crippen molar-refractivity contribution in [3.63, 3.8) is 0 Å². The molecule has 0 fully saturated rings. The quantitative estimate of drug-likeness (QED) is 0.816. The van der Waals surface area contributed by atoms with E-state index in [4.69, 9.17) is 9.52 Å². The second-order valence-corrected chi connectivity index (χ2v) is 4.96. The van der Waals surface area contributed by atoms with E-state index in [0.717, 1.165) is 11.5 Å².